The van der Waals surface area contributed by atoms with Crippen LogP contribution in [0.5, 0.6) is 0 Å². The summed E-state index contributed by atoms with van der Waals surface area (Å²) >= 11 is -0.0205. The van der Waals surface area contributed by atoms with Crippen molar-refractivity contribution in [3.05, 3.63) is 53.9 Å². The summed E-state index contributed by atoms with van der Waals surface area (Å²) in [5.41, 5.74) is 1.35. The fraction of sp³-hybridized carbons (Fsp3) is 0.0769. The zero-order valence-electron chi connectivity index (χ0n) is 9.25. The van der Waals surface area contributed by atoms with Crippen LogP contribution in [0.3, 0.4) is 0 Å². The summed E-state index contributed by atoms with van der Waals surface area (Å²) < 4.78 is 2.00. The third kappa shape index (κ3) is 2.73. The van der Waals surface area contributed by atoms with Crippen LogP contribution in [0.2, 0.25) is 0 Å². The maximum absolute atomic E-state index is 11.1. The van der Waals surface area contributed by atoms with E-state index in [9.17, 15) is 4.79 Å². The van der Waals surface area contributed by atoms with Crippen molar-refractivity contribution in [2.75, 3.05) is 0 Å². The first kappa shape index (κ1) is 11.8. The molecule has 4 heteroatoms. The third-order valence-electron chi connectivity index (χ3n) is 2.30. The Morgan fingerprint density at radius 2 is 1.88 bits per heavy atom. The van der Waals surface area contributed by atoms with Gasteiger partial charge in [0.15, 0.2) is 0 Å². The van der Waals surface area contributed by atoms with Gasteiger partial charge >= 0.3 is 106 Å². The maximum atomic E-state index is 11.1. The molecule has 0 saturated heterocycles. The number of carboxylic acid groups (broad SMARTS) is 1. The zero-order chi connectivity index (χ0) is 12.3. The van der Waals surface area contributed by atoms with Crippen LogP contribution in [-0.2, 0) is 0 Å². The van der Waals surface area contributed by atoms with Gasteiger partial charge in [-0.1, -0.05) is 0 Å². The summed E-state index contributed by atoms with van der Waals surface area (Å²) in [5, 5.41) is 9.11. The normalized spacial score (nSPS) is 10.2. The minimum atomic E-state index is -0.871. The first-order valence-electron chi connectivity index (χ1n) is 5.10. The number of hydrogen-bond acceptors (Lipinski definition) is 2. The van der Waals surface area contributed by atoms with Gasteiger partial charge in [-0.15, -0.1) is 0 Å². The topological polar surface area (TPSA) is 50.2 Å². The molecule has 0 aliphatic heterocycles. The Bertz CT molecular complexity index is 555. The molecule has 0 amide bonds. The van der Waals surface area contributed by atoms with Gasteiger partial charge in [0.2, 0.25) is 0 Å². The van der Waals surface area contributed by atoms with Crippen molar-refractivity contribution in [2.24, 2.45) is 0 Å². The molecule has 2 aromatic rings. The van der Waals surface area contributed by atoms with E-state index in [1.54, 1.807) is 18.3 Å². The fourth-order valence-electron chi connectivity index (χ4n) is 1.43. The van der Waals surface area contributed by atoms with Crippen molar-refractivity contribution in [1.29, 1.82) is 0 Å². The number of carbonyl (C=O) groups is 1. The second kappa shape index (κ2) is 5.13. The van der Waals surface area contributed by atoms with Gasteiger partial charge in [0.05, 0.1) is 0 Å². The van der Waals surface area contributed by atoms with Crippen molar-refractivity contribution in [1.82, 2.24) is 4.98 Å². The third-order valence-corrected chi connectivity index (χ3v) is 4.87. The number of pyridine rings is 1. The van der Waals surface area contributed by atoms with Crippen molar-refractivity contribution in [3.63, 3.8) is 0 Å². The molecule has 86 valence electrons. The number of aromatic carboxylic acids is 1. The molecule has 1 N–H and O–H groups in total. The number of aromatic nitrogens is 1. The molecule has 1 heterocycles. The number of hydrogen-bond donors (Lipinski definition) is 1. The number of carboxylic acids is 1. The summed E-state index contributed by atoms with van der Waals surface area (Å²) in [6.45, 7) is 1.94. The second-order valence-electron chi connectivity index (χ2n) is 3.49. The molecule has 0 spiro atoms. The number of nitrogens with zero attached hydrogens (tertiary/aromatic N) is 1. The first-order valence-corrected chi connectivity index (χ1v) is 6.81. The Balaban J connectivity index is 2.37. The molecule has 1 aromatic carbocycles. The standard InChI is InChI=1S/C13H11NO2Se/c1-9-11(7-4-8-14-9)17-12-6-3-2-5-10(12)13(15)16/h2-8H,1H3,(H,15,16). The Kier molecular flexibility index (Phi) is 3.57. The quantitative estimate of drug-likeness (QED) is 0.849. The molecule has 0 radical (unpaired) electrons. The van der Waals surface area contributed by atoms with Crippen molar-refractivity contribution < 1.29 is 9.90 Å². The van der Waals surface area contributed by atoms with Crippen molar-refractivity contribution in [3.8, 4) is 0 Å². The Morgan fingerprint density at radius 3 is 2.59 bits per heavy atom. The summed E-state index contributed by atoms with van der Waals surface area (Å²) in [5.74, 6) is -0.871. The molecule has 1 aromatic heterocycles. The number of benzene rings is 1. The van der Waals surface area contributed by atoms with Crippen LogP contribution >= 0.6 is 0 Å². The zero-order valence-corrected chi connectivity index (χ0v) is 11.0. The summed E-state index contributed by atoms with van der Waals surface area (Å²) in [7, 11) is 0. The van der Waals surface area contributed by atoms with E-state index in [0.717, 1.165) is 14.6 Å². The SMILES string of the molecule is Cc1ncccc1[Se]c1ccccc1C(=O)O. The van der Waals surface area contributed by atoms with Crippen molar-refractivity contribution in [2.45, 2.75) is 6.92 Å². The number of rotatable bonds is 3. The molecular weight excluding hydrogens is 281 g/mol. The van der Waals surface area contributed by atoms with E-state index < -0.39 is 5.97 Å². The predicted octanol–water partition coefficient (Wildman–Crippen LogP) is 0.743. The molecule has 2 rings (SSSR count). The van der Waals surface area contributed by atoms with E-state index in [2.05, 4.69) is 4.98 Å². The molecule has 0 saturated carbocycles. The van der Waals surface area contributed by atoms with E-state index in [-0.39, 0.29) is 15.0 Å². The van der Waals surface area contributed by atoms with E-state index >= 15 is 0 Å². The Morgan fingerprint density at radius 1 is 1.18 bits per heavy atom. The van der Waals surface area contributed by atoms with Gasteiger partial charge < -0.3 is 0 Å². The average molecular weight is 292 g/mol. The summed E-state index contributed by atoms with van der Waals surface area (Å²) in [4.78, 5) is 15.3. The molecule has 3 nitrogen and oxygen atoms in total. The Hall–Kier alpha value is -1.64. The molecule has 0 aliphatic carbocycles. The molecule has 0 unspecified atom stereocenters. The monoisotopic (exact) mass is 293 g/mol. The molecule has 0 fully saturated rings. The van der Waals surface area contributed by atoms with Crippen LogP contribution in [0.4, 0.5) is 0 Å². The van der Waals surface area contributed by atoms with E-state index in [1.165, 1.54) is 0 Å². The van der Waals surface area contributed by atoms with Crippen LogP contribution in [-0.4, -0.2) is 31.0 Å². The van der Waals surface area contributed by atoms with Gasteiger partial charge in [-0.2, -0.15) is 0 Å². The average Bonchev–Trinajstić information content (AvgIpc) is 2.32. The van der Waals surface area contributed by atoms with Gasteiger partial charge in [-0.05, 0) is 0 Å². The molecule has 0 bridgehead atoms. The van der Waals surface area contributed by atoms with E-state index in [0.29, 0.717) is 5.56 Å². The van der Waals surface area contributed by atoms with Gasteiger partial charge in [0.25, 0.3) is 0 Å². The second-order valence-corrected chi connectivity index (χ2v) is 5.76. The van der Waals surface area contributed by atoms with Crippen molar-refractivity contribution >= 4 is 29.8 Å². The van der Waals surface area contributed by atoms with E-state index in [1.807, 2.05) is 31.2 Å². The van der Waals surface area contributed by atoms with Crippen LogP contribution in [0.15, 0.2) is 42.6 Å². The van der Waals surface area contributed by atoms with Crippen LogP contribution in [0, 0.1) is 6.92 Å². The van der Waals surface area contributed by atoms with Gasteiger partial charge in [-0.3, -0.25) is 0 Å². The van der Waals surface area contributed by atoms with Crippen LogP contribution < -0.4 is 8.92 Å². The fourth-order valence-corrected chi connectivity index (χ4v) is 3.52. The predicted molar refractivity (Wildman–Crippen MR) is 67.4 cm³/mol. The van der Waals surface area contributed by atoms with Crippen LogP contribution in [0.1, 0.15) is 16.1 Å². The van der Waals surface area contributed by atoms with E-state index in [4.69, 9.17) is 5.11 Å². The first-order chi connectivity index (χ1) is 8.18. The number of aryl methyl sites for hydroxylation is 1. The van der Waals surface area contributed by atoms with Crippen LogP contribution in [0.25, 0.3) is 0 Å². The summed E-state index contributed by atoms with van der Waals surface area (Å²) in [6.07, 6.45) is 1.75. The Labute approximate surface area is 106 Å². The van der Waals surface area contributed by atoms with Gasteiger partial charge in [0.1, 0.15) is 0 Å². The van der Waals surface area contributed by atoms with Gasteiger partial charge in [0, 0.05) is 0 Å². The summed E-state index contributed by atoms with van der Waals surface area (Å²) in [6, 6.07) is 11.0. The van der Waals surface area contributed by atoms with Gasteiger partial charge in [-0.25, -0.2) is 0 Å². The minimum absolute atomic E-state index is 0.0205. The molecule has 0 atom stereocenters. The molecule has 0 aliphatic rings. The molecule has 17 heavy (non-hydrogen) atoms. The molecular formula is C13H11NO2Se.